The molecule has 0 aromatic carbocycles. The second kappa shape index (κ2) is 6.54. The average Bonchev–Trinajstić information content (AvgIpc) is 2.92. The van der Waals surface area contributed by atoms with Crippen molar-refractivity contribution in [1.29, 1.82) is 0 Å². The molecule has 2 aromatic heterocycles. The lowest BCUT2D eigenvalue weighted by atomic mass is 10.1. The van der Waals surface area contributed by atoms with Crippen LogP contribution in [0.3, 0.4) is 0 Å². The number of hydrogen-bond donors (Lipinski definition) is 2. The van der Waals surface area contributed by atoms with Gasteiger partial charge >= 0.3 is 0 Å². The molecule has 2 rings (SSSR count). The van der Waals surface area contributed by atoms with Crippen LogP contribution in [-0.2, 0) is 0 Å². The number of thiocarbonyl (C=S) groups is 1. The fraction of sp³-hybridized carbons (Fsp3) is 0.438. The molecule has 0 fully saturated rings. The summed E-state index contributed by atoms with van der Waals surface area (Å²) < 4.78 is 7.19. The van der Waals surface area contributed by atoms with E-state index in [0.29, 0.717) is 5.11 Å². The van der Waals surface area contributed by atoms with Gasteiger partial charge in [0.2, 0.25) is 0 Å². The molecule has 2 heterocycles. The maximum atomic E-state index is 5.20. The Bertz CT molecular complexity index is 736. The first-order valence-electron chi connectivity index (χ1n) is 7.41. The molecule has 0 saturated heterocycles. The van der Waals surface area contributed by atoms with Gasteiger partial charge in [-0.3, -0.25) is 9.99 Å². The summed E-state index contributed by atoms with van der Waals surface area (Å²) in [6.07, 6.45) is 1.75. The van der Waals surface area contributed by atoms with Gasteiger partial charge < -0.3 is 9.84 Å². The highest BCUT2D eigenvalue weighted by Gasteiger charge is 2.13. The summed E-state index contributed by atoms with van der Waals surface area (Å²) in [5, 5.41) is 11.9. The Morgan fingerprint density at radius 1 is 1.30 bits per heavy atom. The third-order valence-electron chi connectivity index (χ3n) is 3.17. The minimum atomic E-state index is -0.0970. The van der Waals surface area contributed by atoms with E-state index < -0.39 is 0 Å². The zero-order chi connectivity index (χ0) is 17.2. The molecular formula is C16H23N5OS. The van der Waals surface area contributed by atoms with E-state index in [0.717, 1.165) is 28.5 Å². The first kappa shape index (κ1) is 17.2. The van der Waals surface area contributed by atoms with E-state index in [1.54, 1.807) is 6.21 Å². The average molecular weight is 333 g/mol. The van der Waals surface area contributed by atoms with Crippen LogP contribution in [0.1, 0.15) is 43.5 Å². The Hall–Kier alpha value is -2.15. The van der Waals surface area contributed by atoms with E-state index in [4.69, 9.17) is 16.7 Å². The van der Waals surface area contributed by atoms with Crippen LogP contribution in [0.4, 0.5) is 0 Å². The molecule has 124 valence electrons. The molecule has 0 radical (unpaired) electrons. The number of nitrogens with zero attached hydrogens (tertiary/aromatic N) is 3. The molecule has 0 bridgehead atoms. The van der Waals surface area contributed by atoms with Crippen molar-refractivity contribution in [3.63, 3.8) is 0 Å². The second-order valence-corrected chi connectivity index (χ2v) is 6.94. The fourth-order valence-electron chi connectivity index (χ4n) is 2.26. The zero-order valence-electron chi connectivity index (χ0n) is 14.4. The summed E-state index contributed by atoms with van der Waals surface area (Å²) in [7, 11) is 0. The lowest BCUT2D eigenvalue weighted by Gasteiger charge is -2.21. The minimum absolute atomic E-state index is 0.0970. The summed E-state index contributed by atoms with van der Waals surface area (Å²) in [6, 6.07) is 3.95. The third-order valence-corrected chi connectivity index (χ3v) is 3.37. The molecule has 0 aliphatic rings. The van der Waals surface area contributed by atoms with Crippen LogP contribution in [0.25, 0.3) is 5.82 Å². The molecular weight excluding hydrogens is 310 g/mol. The Labute approximate surface area is 141 Å². The van der Waals surface area contributed by atoms with Gasteiger partial charge in [-0.2, -0.15) is 5.10 Å². The quantitative estimate of drug-likeness (QED) is 0.513. The third kappa shape index (κ3) is 4.41. The van der Waals surface area contributed by atoms with Crippen molar-refractivity contribution < 1.29 is 4.52 Å². The van der Waals surface area contributed by atoms with Crippen molar-refractivity contribution in [2.24, 2.45) is 5.10 Å². The molecule has 0 aliphatic carbocycles. The maximum absolute atomic E-state index is 5.20. The smallest absolute Gasteiger partial charge is 0.187 e. The maximum Gasteiger partial charge on any atom is 0.187 e. The predicted octanol–water partition coefficient (Wildman–Crippen LogP) is 2.99. The number of aryl methyl sites for hydroxylation is 2. The van der Waals surface area contributed by atoms with Crippen LogP contribution in [0.2, 0.25) is 0 Å². The van der Waals surface area contributed by atoms with Gasteiger partial charge in [-0.25, -0.2) is 0 Å². The van der Waals surface area contributed by atoms with Gasteiger partial charge in [-0.1, -0.05) is 5.16 Å². The molecule has 0 amide bonds. The molecule has 0 spiro atoms. The van der Waals surface area contributed by atoms with Crippen LogP contribution >= 0.6 is 12.2 Å². The molecule has 0 saturated carbocycles. The highest BCUT2D eigenvalue weighted by Crippen LogP contribution is 2.19. The topological polar surface area (TPSA) is 67.4 Å². The van der Waals surface area contributed by atoms with Crippen molar-refractivity contribution in [3.05, 3.63) is 34.8 Å². The first-order valence-corrected chi connectivity index (χ1v) is 7.82. The van der Waals surface area contributed by atoms with Crippen LogP contribution < -0.4 is 10.7 Å². The zero-order valence-corrected chi connectivity index (χ0v) is 15.2. The Morgan fingerprint density at radius 3 is 2.57 bits per heavy atom. The summed E-state index contributed by atoms with van der Waals surface area (Å²) in [4.78, 5) is 0. The predicted molar refractivity (Wildman–Crippen MR) is 96.3 cm³/mol. The molecule has 0 unspecified atom stereocenters. The Morgan fingerprint density at radius 2 is 2.00 bits per heavy atom. The van der Waals surface area contributed by atoms with E-state index in [9.17, 15) is 0 Å². The monoisotopic (exact) mass is 333 g/mol. The summed E-state index contributed by atoms with van der Waals surface area (Å²) in [5.41, 5.74) is 5.83. The summed E-state index contributed by atoms with van der Waals surface area (Å²) >= 11 is 5.20. The van der Waals surface area contributed by atoms with E-state index in [-0.39, 0.29) is 5.54 Å². The minimum Gasteiger partial charge on any atom is -0.360 e. The summed E-state index contributed by atoms with van der Waals surface area (Å²) in [6.45, 7) is 12.0. The lowest BCUT2D eigenvalue weighted by Crippen LogP contribution is -2.44. The normalized spacial score (nSPS) is 11.9. The largest absolute Gasteiger partial charge is 0.360 e. The number of rotatable bonds is 3. The Kier molecular flexibility index (Phi) is 4.89. The molecule has 0 atom stereocenters. The van der Waals surface area contributed by atoms with Crippen molar-refractivity contribution in [2.75, 3.05) is 0 Å². The summed E-state index contributed by atoms with van der Waals surface area (Å²) in [5.74, 6) is 1.55. The Balaban J connectivity index is 2.13. The standard InChI is InChI=1S/C16H23N5OS/c1-10-7-13(9-17-19-15(23)18-16(4,5)6)12(3)21(10)14-8-11(2)22-20-14/h7-9H,1-6H3,(H2,18,19,23)/b17-9-. The van der Waals surface area contributed by atoms with Gasteiger partial charge in [0.25, 0.3) is 0 Å². The molecule has 23 heavy (non-hydrogen) atoms. The van der Waals surface area contributed by atoms with Gasteiger partial charge in [0.05, 0.1) is 6.21 Å². The number of hydrogen-bond acceptors (Lipinski definition) is 4. The van der Waals surface area contributed by atoms with Crippen molar-refractivity contribution >= 4 is 23.5 Å². The van der Waals surface area contributed by atoms with Crippen LogP contribution in [0.15, 0.2) is 21.8 Å². The van der Waals surface area contributed by atoms with E-state index in [2.05, 4.69) is 21.0 Å². The number of hydrazone groups is 1. The van der Waals surface area contributed by atoms with E-state index in [1.807, 2.05) is 58.2 Å². The van der Waals surface area contributed by atoms with Crippen LogP contribution in [0.5, 0.6) is 0 Å². The van der Waals surface area contributed by atoms with Crippen molar-refractivity contribution in [1.82, 2.24) is 20.5 Å². The fourth-order valence-corrected chi connectivity index (χ4v) is 2.62. The van der Waals surface area contributed by atoms with Gasteiger partial charge in [-0.05, 0) is 59.8 Å². The number of nitrogens with one attached hydrogen (secondary N) is 2. The van der Waals surface area contributed by atoms with Crippen LogP contribution in [0, 0.1) is 20.8 Å². The van der Waals surface area contributed by atoms with Gasteiger partial charge in [0, 0.05) is 28.6 Å². The molecule has 0 aliphatic heterocycles. The number of aromatic nitrogens is 2. The van der Waals surface area contributed by atoms with Gasteiger partial charge in [0.15, 0.2) is 10.9 Å². The van der Waals surface area contributed by atoms with Gasteiger partial charge in [-0.15, -0.1) is 0 Å². The van der Waals surface area contributed by atoms with Gasteiger partial charge in [0.1, 0.15) is 5.76 Å². The van der Waals surface area contributed by atoms with Crippen molar-refractivity contribution in [2.45, 2.75) is 47.1 Å². The molecule has 2 N–H and O–H groups in total. The highest BCUT2D eigenvalue weighted by atomic mass is 32.1. The SMILES string of the molecule is Cc1cc(-n2c(C)cc(/C=N\NC(=S)NC(C)(C)C)c2C)no1. The van der Waals surface area contributed by atoms with Crippen LogP contribution in [-0.4, -0.2) is 26.6 Å². The second-order valence-electron chi connectivity index (χ2n) is 6.53. The van der Waals surface area contributed by atoms with Crippen molar-refractivity contribution in [3.8, 4) is 5.82 Å². The molecule has 6 nitrogen and oxygen atoms in total. The molecule has 7 heteroatoms. The first-order chi connectivity index (χ1) is 10.7. The van der Waals surface area contributed by atoms with E-state index >= 15 is 0 Å². The van der Waals surface area contributed by atoms with E-state index in [1.165, 1.54) is 0 Å². The molecule has 2 aromatic rings. The highest BCUT2D eigenvalue weighted by molar-refractivity contribution is 7.80. The lowest BCUT2D eigenvalue weighted by molar-refractivity contribution is 0.394.